The van der Waals surface area contributed by atoms with Gasteiger partial charge in [-0.2, -0.15) is 0 Å². The summed E-state index contributed by atoms with van der Waals surface area (Å²) in [5.74, 6) is 1.78. The molecule has 5 rings (SSSR count). The Labute approximate surface area is 174 Å². The largest absolute Gasteiger partial charge is 0.489 e. The molecule has 4 aliphatic rings. The highest BCUT2D eigenvalue weighted by Gasteiger charge is 2.38. The molecule has 0 spiro atoms. The van der Waals surface area contributed by atoms with E-state index >= 15 is 0 Å². The molecule has 3 aliphatic heterocycles. The molecule has 0 saturated carbocycles. The van der Waals surface area contributed by atoms with Gasteiger partial charge in [0.1, 0.15) is 12.4 Å². The molecule has 3 atom stereocenters. The topological polar surface area (TPSA) is 57.6 Å². The van der Waals surface area contributed by atoms with Crippen molar-refractivity contribution in [1.82, 2.24) is 9.80 Å². The first-order valence-corrected chi connectivity index (χ1v) is 10.3. The first-order valence-electron chi connectivity index (χ1n) is 9.96. The molecule has 152 valence electrons. The molecule has 1 fully saturated rings. The Balaban J connectivity index is 1.27. The summed E-state index contributed by atoms with van der Waals surface area (Å²) in [5, 5.41) is 4.91. The molecule has 1 aromatic carbocycles. The van der Waals surface area contributed by atoms with E-state index < -0.39 is 0 Å². The lowest BCUT2D eigenvalue weighted by atomic mass is 9.96. The van der Waals surface area contributed by atoms with Gasteiger partial charge in [0.15, 0.2) is 11.9 Å². The third kappa shape index (κ3) is 3.23. The van der Waals surface area contributed by atoms with Gasteiger partial charge in [-0.1, -0.05) is 35.0 Å². The number of fused-ring (bicyclic) bond motifs is 2. The number of hydrogen-bond acceptors (Lipinski definition) is 5. The van der Waals surface area contributed by atoms with Crippen LogP contribution in [-0.2, 0) is 4.84 Å². The number of oxime groups is 1. The number of allylic oxidation sites excluding steroid dienone is 2. The maximum atomic E-state index is 13.3. The number of carbonyl (C=O) groups excluding carboxylic acids is 1. The van der Waals surface area contributed by atoms with Gasteiger partial charge in [-0.25, -0.2) is 4.79 Å². The zero-order chi connectivity index (χ0) is 20.0. The third-order valence-corrected chi connectivity index (χ3v) is 6.07. The first kappa shape index (κ1) is 18.4. The van der Waals surface area contributed by atoms with E-state index in [1.807, 2.05) is 41.0 Å². The van der Waals surface area contributed by atoms with Crippen molar-refractivity contribution >= 4 is 29.2 Å². The van der Waals surface area contributed by atoms with Crippen LogP contribution in [0, 0.1) is 5.92 Å². The summed E-state index contributed by atoms with van der Waals surface area (Å²) in [4.78, 5) is 24.8. The second-order valence-corrected chi connectivity index (χ2v) is 8.15. The van der Waals surface area contributed by atoms with E-state index in [9.17, 15) is 4.79 Å². The third-order valence-electron chi connectivity index (χ3n) is 5.83. The van der Waals surface area contributed by atoms with Crippen molar-refractivity contribution in [2.75, 3.05) is 37.7 Å². The lowest BCUT2D eigenvalue weighted by molar-refractivity contribution is 0.105. The van der Waals surface area contributed by atoms with E-state index in [1.165, 1.54) is 0 Å². The van der Waals surface area contributed by atoms with E-state index in [2.05, 4.69) is 16.1 Å². The van der Waals surface area contributed by atoms with E-state index in [0.717, 1.165) is 24.6 Å². The Kier molecular flexibility index (Phi) is 4.62. The number of piperazine rings is 1. The second-order valence-electron chi connectivity index (χ2n) is 7.71. The van der Waals surface area contributed by atoms with Crippen LogP contribution in [0.15, 0.2) is 47.7 Å². The summed E-state index contributed by atoms with van der Waals surface area (Å²) in [6.07, 6.45) is 8.18. The maximum absolute atomic E-state index is 13.3. The minimum Gasteiger partial charge on any atom is -0.489 e. The van der Waals surface area contributed by atoms with Gasteiger partial charge in [0, 0.05) is 37.3 Å². The summed E-state index contributed by atoms with van der Waals surface area (Å²) < 4.78 is 5.77. The van der Waals surface area contributed by atoms with Crippen LogP contribution >= 0.6 is 11.6 Å². The Bertz CT molecular complexity index is 907. The van der Waals surface area contributed by atoms with E-state index in [4.69, 9.17) is 21.2 Å². The van der Waals surface area contributed by atoms with Crippen LogP contribution in [-0.4, -0.2) is 66.6 Å². The predicted molar refractivity (Wildman–Crippen MR) is 112 cm³/mol. The Morgan fingerprint density at radius 2 is 1.97 bits per heavy atom. The number of nitrogens with zero attached hydrogens (tertiary/aromatic N) is 4. The molecule has 8 heteroatoms. The average molecular weight is 415 g/mol. The number of urea groups is 1. The zero-order valence-electron chi connectivity index (χ0n) is 16.2. The van der Waals surface area contributed by atoms with Crippen LogP contribution in [0.4, 0.5) is 10.5 Å². The number of carbonyl (C=O) groups is 1. The van der Waals surface area contributed by atoms with Gasteiger partial charge in [0.2, 0.25) is 0 Å². The standard InChI is InChI=1S/C21H23ClN4O3/c1-14-13-28-19-12-15(22)6-7-17(19)26(14)21(27)25-10-8-24(9-11-25)20-16-4-2-3-5-18(16)29-23-20/h2-7,12,14,16,18H,8-11,13H2,1H3. The van der Waals surface area contributed by atoms with Gasteiger partial charge in [0.05, 0.1) is 17.6 Å². The van der Waals surface area contributed by atoms with Gasteiger partial charge >= 0.3 is 6.03 Å². The number of anilines is 1. The number of ether oxygens (including phenoxy) is 1. The molecule has 1 saturated heterocycles. The fourth-order valence-corrected chi connectivity index (χ4v) is 4.42. The summed E-state index contributed by atoms with van der Waals surface area (Å²) in [6, 6.07) is 5.38. The van der Waals surface area contributed by atoms with E-state index in [0.29, 0.717) is 30.5 Å². The molecule has 29 heavy (non-hydrogen) atoms. The molecule has 2 amide bonds. The molecule has 7 nitrogen and oxygen atoms in total. The van der Waals surface area contributed by atoms with Gasteiger partial charge < -0.3 is 19.4 Å². The van der Waals surface area contributed by atoms with Crippen LogP contribution in [0.5, 0.6) is 5.75 Å². The number of hydrogen-bond donors (Lipinski definition) is 0. The molecule has 3 heterocycles. The van der Waals surface area contributed by atoms with Crippen molar-refractivity contribution in [3.05, 3.63) is 47.5 Å². The molecular formula is C21H23ClN4O3. The molecular weight excluding hydrogens is 392 g/mol. The van der Waals surface area contributed by atoms with Crippen molar-refractivity contribution in [2.45, 2.75) is 19.1 Å². The highest BCUT2D eigenvalue weighted by molar-refractivity contribution is 6.30. The molecule has 3 unspecified atom stereocenters. The minimum atomic E-state index is -0.0401. The summed E-state index contributed by atoms with van der Waals surface area (Å²) in [5.41, 5.74) is 0.774. The van der Waals surface area contributed by atoms with Gasteiger partial charge in [-0.05, 0) is 25.1 Å². The molecule has 0 radical (unpaired) electrons. The number of halogens is 1. The van der Waals surface area contributed by atoms with Crippen molar-refractivity contribution in [2.24, 2.45) is 11.1 Å². The van der Waals surface area contributed by atoms with Crippen LogP contribution in [0.3, 0.4) is 0 Å². The number of rotatable bonds is 0. The highest BCUT2D eigenvalue weighted by Crippen LogP contribution is 2.37. The minimum absolute atomic E-state index is 0.00649. The smallest absolute Gasteiger partial charge is 0.325 e. The molecule has 1 aliphatic carbocycles. The second kappa shape index (κ2) is 7.30. The van der Waals surface area contributed by atoms with Crippen molar-refractivity contribution in [3.63, 3.8) is 0 Å². The SMILES string of the molecule is CC1COc2cc(Cl)ccc2N1C(=O)N1CCN(C2=NOC3C=CC=CC23)CC1. The van der Waals surface area contributed by atoms with Crippen LogP contribution in [0.2, 0.25) is 5.02 Å². The highest BCUT2D eigenvalue weighted by atomic mass is 35.5. The van der Waals surface area contributed by atoms with Gasteiger partial charge in [0.25, 0.3) is 0 Å². The number of amidine groups is 1. The lowest BCUT2D eigenvalue weighted by Gasteiger charge is -2.42. The summed E-state index contributed by atoms with van der Waals surface area (Å²) >= 11 is 6.09. The molecule has 0 bridgehead atoms. The van der Waals surface area contributed by atoms with E-state index in [-0.39, 0.29) is 24.1 Å². The summed E-state index contributed by atoms with van der Waals surface area (Å²) in [6.45, 7) is 5.21. The maximum Gasteiger partial charge on any atom is 0.325 e. The average Bonchev–Trinajstić information content (AvgIpc) is 3.18. The molecule has 1 aromatic rings. The number of amides is 2. The monoisotopic (exact) mass is 414 g/mol. The van der Waals surface area contributed by atoms with Crippen LogP contribution < -0.4 is 9.64 Å². The predicted octanol–water partition coefficient (Wildman–Crippen LogP) is 3.12. The van der Waals surface area contributed by atoms with Crippen molar-refractivity contribution in [1.29, 1.82) is 0 Å². The first-order chi connectivity index (χ1) is 14.1. The van der Waals surface area contributed by atoms with Crippen molar-refractivity contribution < 1.29 is 14.4 Å². The van der Waals surface area contributed by atoms with Gasteiger partial charge in [-0.3, -0.25) is 4.90 Å². The van der Waals surface area contributed by atoms with E-state index in [1.54, 1.807) is 12.1 Å². The molecule has 0 N–H and O–H groups in total. The number of benzene rings is 1. The normalized spacial score (nSPS) is 27.7. The zero-order valence-corrected chi connectivity index (χ0v) is 17.0. The summed E-state index contributed by atoms with van der Waals surface area (Å²) in [7, 11) is 0. The Morgan fingerprint density at radius 3 is 2.79 bits per heavy atom. The fourth-order valence-electron chi connectivity index (χ4n) is 4.26. The van der Waals surface area contributed by atoms with Crippen LogP contribution in [0.25, 0.3) is 0 Å². The van der Waals surface area contributed by atoms with Crippen molar-refractivity contribution in [3.8, 4) is 5.75 Å². The Hall–Kier alpha value is -2.67. The van der Waals surface area contributed by atoms with Crippen LogP contribution in [0.1, 0.15) is 6.92 Å². The lowest BCUT2D eigenvalue weighted by Crippen LogP contribution is -2.57. The fraction of sp³-hybridized carbons (Fsp3) is 0.429. The Morgan fingerprint density at radius 1 is 1.17 bits per heavy atom. The molecule has 0 aromatic heterocycles. The van der Waals surface area contributed by atoms with Gasteiger partial charge in [-0.15, -0.1) is 0 Å². The quantitative estimate of drug-likeness (QED) is 0.654.